The highest BCUT2D eigenvalue weighted by molar-refractivity contribution is 7.80. The summed E-state index contributed by atoms with van der Waals surface area (Å²) in [6, 6.07) is 12.5. The number of para-hydroxylation sites is 1. The van der Waals surface area contributed by atoms with E-state index in [1.54, 1.807) is 31.4 Å². The number of carbonyl (C=O) groups excluding carboxylic acids is 2. The van der Waals surface area contributed by atoms with E-state index in [0.717, 1.165) is 0 Å². The van der Waals surface area contributed by atoms with E-state index in [4.69, 9.17) is 17.0 Å². The number of hydrogen-bond acceptors (Lipinski definition) is 6. The molecule has 2 amide bonds. The molecule has 0 saturated heterocycles. The molecular weight excluding hydrogens is 420 g/mol. The molecule has 0 aliphatic rings. The molecule has 0 aromatic heterocycles. The Morgan fingerprint density at radius 2 is 1.87 bits per heavy atom. The van der Waals surface area contributed by atoms with Crippen LogP contribution >= 0.6 is 12.2 Å². The summed E-state index contributed by atoms with van der Waals surface area (Å²) in [5.41, 5.74) is 1.43. The topological polar surface area (TPSA) is 123 Å². The Labute approximate surface area is 184 Å². The molecule has 3 N–H and O–H groups in total. The predicted octanol–water partition coefficient (Wildman–Crippen LogP) is 2.89. The van der Waals surface area contributed by atoms with Gasteiger partial charge in [-0.15, -0.1) is 0 Å². The van der Waals surface area contributed by atoms with Crippen LogP contribution < -0.4 is 16.0 Å². The third kappa shape index (κ3) is 7.96. The molecule has 2 aromatic rings. The van der Waals surface area contributed by atoms with Crippen LogP contribution in [0.15, 0.2) is 54.6 Å². The fourth-order valence-electron chi connectivity index (χ4n) is 2.49. The van der Waals surface area contributed by atoms with Crippen molar-refractivity contribution in [3.8, 4) is 0 Å². The van der Waals surface area contributed by atoms with Gasteiger partial charge in [-0.1, -0.05) is 12.1 Å². The Balaban J connectivity index is 1.92. The summed E-state index contributed by atoms with van der Waals surface area (Å²) in [7, 11) is 1.59. The summed E-state index contributed by atoms with van der Waals surface area (Å²) in [6.07, 6.45) is 3.44. The number of rotatable bonds is 9. The van der Waals surface area contributed by atoms with Gasteiger partial charge in [-0.2, -0.15) is 0 Å². The number of ether oxygens (including phenoxy) is 1. The molecule has 0 atom stereocenters. The van der Waals surface area contributed by atoms with E-state index in [9.17, 15) is 19.7 Å². The molecule has 0 spiro atoms. The van der Waals surface area contributed by atoms with E-state index < -0.39 is 10.8 Å². The van der Waals surface area contributed by atoms with Crippen molar-refractivity contribution in [1.82, 2.24) is 10.6 Å². The molecule has 10 heteroatoms. The summed E-state index contributed by atoms with van der Waals surface area (Å²) in [6.45, 7) is 1.01. The van der Waals surface area contributed by atoms with E-state index in [0.29, 0.717) is 36.4 Å². The lowest BCUT2D eigenvalue weighted by Gasteiger charge is -2.13. The van der Waals surface area contributed by atoms with Gasteiger partial charge in [-0.05, 0) is 54.5 Å². The fraction of sp³-hybridized carbons (Fsp3) is 0.190. The first-order chi connectivity index (χ1) is 14.9. The Morgan fingerprint density at radius 3 is 2.55 bits per heavy atom. The number of thiocarbonyl (C=S) groups is 1. The van der Waals surface area contributed by atoms with Gasteiger partial charge in [0, 0.05) is 38.5 Å². The van der Waals surface area contributed by atoms with Crippen molar-refractivity contribution < 1.29 is 19.2 Å². The minimum Gasteiger partial charge on any atom is -0.385 e. The lowest BCUT2D eigenvalue weighted by atomic mass is 10.1. The van der Waals surface area contributed by atoms with Gasteiger partial charge < -0.3 is 15.4 Å². The van der Waals surface area contributed by atoms with Crippen LogP contribution in [0.3, 0.4) is 0 Å². The van der Waals surface area contributed by atoms with Crippen LogP contribution in [-0.4, -0.2) is 42.1 Å². The quantitative estimate of drug-likeness (QED) is 0.179. The average Bonchev–Trinajstić information content (AvgIpc) is 2.75. The van der Waals surface area contributed by atoms with Crippen molar-refractivity contribution in [3.63, 3.8) is 0 Å². The van der Waals surface area contributed by atoms with Crippen LogP contribution in [0.4, 0.5) is 11.4 Å². The molecule has 0 saturated carbocycles. The van der Waals surface area contributed by atoms with Gasteiger partial charge >= 0.3 is 0 Å². The second-order valence-corrected chi connectivity index (χ2v) is 6.68. The number of nitrogens with one attached hydrogen (secondary N) is 3. The third-order valence-corrected chi connectivity index (χ3v) is 4.20. The highest BCUT2D eigenvalue weighted by Crippen LogP contribution is 2.15. The zero-order valence-electron chi connectivity index (χ0n) is 16.8. The smallest absolute Gasteiger partial charge is 0.269 e. The van der Waals surface area contributed by atoms with Gasteiger partial charge in [0.25, 0.3) is 11.6 Å². The summed E-state index contributed by atoms with van der Waals surface area (Å²) in [5.74, 6) is -0.760. The van der Waals surface area contributed by atoms with Crippen molar-refractivity contribution in [3.05, 3.63) is 75.8 Å². The SMILES string of the molecule is COCCCNC(=O)c1ccccc1NC(=S)NC(=O)/C=C/c1ccc([N+](=O)[O-])cc1. The van der Waals surface area contributed by atoms with Gasteiger partial charge in [-0.3, -0.25) is 25.0 Å². The molecule has 2 aromatic carbocycles. The van der Waals surface area contributed by atoms with Gasteiger partial charge in [0.1, 0.15) is 0 Å². The second-order valence-electron chi connectivity index (χ2n) is 6.27. The molecule has 0 unspecified atom stereocenters. The van der Waals surface area contributed by atoms with Gasteiger partial charge in [0.2, 0.25) is 5.91 Å². The molecule has 0 bridgehead atoms. The summed E-state index contributed by atoms with van der Waals surface area (Å²) in [4.78, 5) is 34.6. The zero-order valence-corrected chi connectivity index (χ0v) is 17.6. The van der Waals surface area contributed by atoms with E-state index in [1.165, 1.54) is 36.4 Å². The molecule has 0 aliphatic heterocycles. The van der Waals surface area contributed by atoms with E-state index in [2.05, 4.69) is 16.0 Å². The number of nitrogens with zero attached hydrogens (tertiary/aromatic N) is 1. The van der Waals surface area contributed by atoms with Crippen molar-refractivity contribution in [2.75, 3.05) is 25.6 Å². The lowest BCUT2D eigenvalue weighted by Crippen LogP contribution is -2.34. The first-order valence-electron chi connectivity index (χ1n) is 9.31. The molecule has 162 valence electrons. The number of benzene rings is 2. The highest BCUT2D eigenvalue weighted by atomic mass is 32.1. The number of anilines is 1. The maximum absolute atomic E-state index is 12.4. The monoisotopic (exact) mass is 442 g/mol. The van der Waals surface area contributed by atoms with Crippen molar-refractivity contribution >= 4 is 46.6 Å². The molecular formula is C21H22N4O5S. The number of nitro benzene ring substituents is 1. The highest BCUT2D eigenvalue weighted by Gasteiger charge is 2.12. The second kappa shape index (κ2) is 12.2. The summed E-state index contributed by atoms with van der Waals surface area (Å²) in [5, 5.41) is 18.8. The zero-order chi connectivity index (χ0) is 22.6. The van der Waals surface area contributed by atoms with Crippen LogP contribution in [-0.2, 0) is 9.53 Å². The first kappa shape index (κ1) is 23.6. The van der Waals surface area contributed by atoms with Crippen molar-refractivity contribution in [2.24, 2.45) is 0 Å². The first-order valence-corrected chi connectivity index (χ1v) is 9.72. The molecule has 0 radical (unpaired) electrons. The van der Waals surface area contributed by atoms with E-state index >= 15 is 0 Å². The third-order valence-electron chi connectivity index (χ3n) is 4.00. The number of non-ortho nitro benzene ring substituents is 1. The Morgan fingerprint density at radius 1 is 1.16 bits per heavy atom. The van der Waals surface area contributed by atoms with Crippen LogP contribution in [0, 0.1) is 10.1 Å². The maximum Gasteiger partial charge on any atom is 0.269 e. The molecule has 0 fully saturated rings. The standard InChI is InChI=1S/C21H22N4O5S/c1-30-14-4-13-22-20(27)17-5-2-3-6-18(17)23-21(31)24-19(26)12-9-15-7-10-16(11-8-15)25(28)29/h2-3,5-12H,4,13-14H2,1H3,(H,22,27)(H2,23,24,26,31)/b12-9+. The number of hydrogen-bond donors (Lipinski definition) is 3. The van der Waals surface area contributed by atoms with Crippen LogP contribution in [0.1, 0.15) is 22.3 Å². The molecule has 31 heavy (non-hydrogen) atoms. The normalized spacial score (nSPS) is 10.5. The average molecular weight is 442 g/mol. The van der Waals surface area contributed by atoms with Crippen LogP contribution in [0.5, 0.6) is 0 Å². The molecule has 2 rings (SSSR count). The minimum absolute atomic E-state index is 0.0259. The van der Waals surface area contributed by atoms with Gasteiger partial charge in [0.15, 0.2) is 5.11 Å². The van der Waals surface area contributed by atoms with Crippen molar-refractivity contribution in [1.29, 1.82) is 0 Å². The number of carbonyl (C=O) groups is 2. The Bertz CT molecular complexity index is 976. The fourth-order valence-corrected chi connectivity index (χ4v) is 2.70. The Hall–Kier alpha value is -3.63. The largest absolute Gasteiger partial charge is 0.385 e. The summed E-state index contributed by atoms with van der Waals surface area (Å²) < 4.78 is 4.95. The van der Waals surface area contributed by atoms with E-state index in [1.807, 2.05) is 0 Å². The molecule has 0 aliphatic carbocycles. The van der Waals surface area contributed by atoms with Gasteiger partial charge in [0.05, 0.1) is 16.2 Å². The lowest BCUT2D eigenvalue weighted by molar-refractivity contribution is -0.384. The number of nitro groups is 1. The number of amides is 2. The van der Waals surface area contributed by atoms with Crippen molar-refractivity contribution in [2.45, 2.75) is 6.42 Å². The van der Waals surface area contributed by atoms with Crippen LogP contribution in [0.2, 0.25) is 0 Å². The molecule has 0 heterocycles. The predicted molar refractivity (Wildman–Crippen MR) is 122 cm³/mol. The van der Waals surface area contributed by atoms with Crippen LogP contribution in [0.25, 0.3) is 6.08 Å². The molecule has 9 nitrogen and oxygen atoms in total. The summed E-state index contributed by atoms with van der Waals surface area (Å²) >= 11 is 5.16. The van der Waals surface area contributed by atoms with E-state index in [-0.39, 0.29) is 16.7 Å². The maximum atomic E-state index is 12.4. The Kier molecular flexibility index (Phi) is 9.27. The van der Waals surface area contributed by atoms with Gasteiger partial charge in [-0.25, -0.2) is 0 Å². The number of methoxy groups -OCH3 is 1. The minimum atomic E-state index is -0.498.